The number of hydrogen-bond acceptors (Lipinski definition) is 3. The Morgan fingerprint density at radius 2 is 1.73 bits per heavy atom. The summed E-state index contributed by atoms with van der Waals surface area (Å²) in [5, 5.41) is 6.47. The molecule has 0 unspecified atom stereocenters. The number of aromatic nitrogens is 3. The van der Waals surface area contributed by atoms with Crippen molar-refractivity contribution in [3.05, 3.63) is 99.4 Å². The van der Waals surface area contributed by atoms with E-state index < -0.39 is 0 Å². The average Bonchev–Trinajstić information content (AvgIpc) is 3.12. The molecule has 0 atom stereocenters. The summed E-state index contributed by atoms with van der Waals surface area (Å²) in [6.07, 6.45) is 0. The lowest BCUT2D eigenvalue weighted by Gasteiger charge is -2.18. The molecule has 5 aromatic rings. The van der Waals surface area contributed by atoms with Crippen LogP contribution in [0.25, 0.3) is 27.5 Å². The van der Waals surface area contributed by atoms with Gasteiger partial charge in [-0.25, -0.2) is 0 Å². The van der Waals surface area contributed by atoms with Gasteiger partial charge in [0.15, 0.2) is 5.69 Å². The van der Waals surface area contributed by atoms with Gasteiger partial charge in [0.2, 0.25) is 0 Å². The molecule has 0 fully saturated rings. The van der Waals surface area contributed by atoms with Gasteiger partial charge in [-0.1, -0.05) is 53.6 Å². The SMILES string of the molecule is Cc1ccc(-n2nc(C(=O)N(C)c3cccc(Cl)c3)c3c4ccccc4n(C)c3c2=O)cc1. The van der Waals surface area contributed by atoms with Crippen molar-refractivity contribution in [3.63, 3.8) is 0 Å². The maximum atomic E-state index is 13.8. The third-order valence-corrected chi connectivity index (χ3v) is 6.16. The number of aryl methyl sites for hydroxylation is 2. The molecular formula is C26H21ClN4O2. The lowest BCUT2D eigenvalue weighted by Crippen LogP contribution is -2.31. The van der Waals surface area contributed by atoms with Gasteiger partial charge in [-0.05, 0) is 43.3 Å². The molecule has 0 radical (unpaired) electrons. The first kappa shape index (κ1) is 21.0. The normalized spacial score (nSPS) is 11.3. The smallest absolute Gasteiger partial charge is 0.296 e. The molecule has 0 aliphatic carbocycles. The van der Waals surface area contributed by atoms with E-state index >= 15 is 0 Å². The molecule has 0 aliphatic rings. The molecule has 2 aromatic heterocycles. The largest absolute Gasteiger partial charge is 0.339 e. The Kier molecular flexibility index (Phi) is 5.02. The van der Waals surface area contributed by atoms with E-state index in [9.17, 15) is 9.59 Å². The minimum atomic E-state index is -0.334. The Balaban J connectivity index is 1.84. The highest BCUT2D eigenvalue weighted by molar-refractivity contribution is 6.31. The zero-order valence-corrected chi connectivity index (χ0v) is 19.2. The van der Waals surface area contributed by atoms with Gasteiger partial charge < -0.3 is 9.47 Å². The quantitative estimate of drug-likeness (QED) is 0.379. The van der Waals surface area contributed by atoms with E-state index in [-0.39, 0.29) is 17.2 Å². The number of halogens is 1. The highest BCUT2D eigenvalue weighted by Crippen LogP contribution is 2.30. The monoisotopic (exact) mass is 456 g/mol. The van der Waals surface area contributed by atoms with Gasteiger partial charge in [-0.15, -0.1) is 0 Å². The Bertz CT molecular complexity index is 1600. The molecule has 0 aliphatic heterocycles. The van der Waals surface area contributed by atoms with Crippen LogP contribution in [0.2, 0.25) is 5.02 Å². The van der Waals surface area contributed by atoms with Crippen LogP contribution in [-0.4, -0.2) is 27.3 Å². The Morgan fingerprint density at radius 1 is 1.00 bits per heavy atom. The maximum absolute atomic E-state index is 13.8. The second-order valence-corrected chi connectivity index (χ2v) is 8.48. The molecule has 5 rings (SSSR count). The number of nitrogens with zero attached hydrogens (tertiary/aromatic N) is 4. The molecule has 7 heteroatoms. The minimum Gasteiger partial charge on any atom is -0.339 e. The number of anilines is 1. The van der Waals surface area contributed by atoms with E-state index in [0.29, 0.717) is 27.3 Å². The van der Waals surface area contributed by atoms with Gasteiger partial charge in [0.25, 0.3) is 11.5 Å². The summed E-state index contributed by atoms with van der Waals surface area (Å²) in [5.41, 5.74) is 3.49. The van der Waals surface area contributed by atoms with Crippen molar-refractivity contribution in [3.8, 4) is 5.69 Å². The molecule has 33 heavy (non-hydrogen) atoms. The van der Waals surface area contributed by atoms with Crippen molar-refractivity contribution in [2.75, 3.05) is 11.9 Å². The van der Waals surface area contributed by atoms with Crippen LogP contribution in [-0.2, 0) is 7.05 Å². The molecule has 2 heterocycles. The van der Waals surface area contributed by atoms with Gasteiger partial charge >= 0.3 is 0 Å². The zero-order valence-electron chi connectivity index (χ0n) is 18.4. The van der Waals surface area contributed by atoms with Crippen LogP contribution in [0.1, 0.15) is 16.1 Å². The van der Waals surface area contributed by atoms with Crippen LogP contribution >= 0.6 is 11.6 Å². The summed E-state index contributed by atoms with van der Waals surface area (Å²) >= 11 is 6.15. The predicted octanol–water partition coefficient (Wildman–Crippen LogP) is 5.12. The van der Waals surface area contributed by atoms with Crippen molar-refractivity contribution < 1.29 is 4.79 Å². The fourth-order valence-electron chi connectivity index (χ4n) is 4.15. The number of para-hydroxylation sites is 1. The van der Waals surface area contributed by atoms with Gasteiger partial charge in [-0.3, -0.25) is 9.59 Å². The van der Waals surface area contributed by atoms with E-state index in [1.54, 1.807) is 31.3 Å². The first-order valence-corrected chi connectivity index (χ1v) is 10.9. The lowest BCUT2D eigenvalue weighted by atomic mass is 10.1. The third kappa shape index (κ3) is 3.39. The molecule has 0 spiro atoms. The number of rotatable bonds is 3. The summed E-state index contributed by atoms with van der Waals surface area (Å²) in [4.78, 5) is 28.9. The molecule has 0 N–H and O–H groups in total. The van der Waals surface area contributed by atoms with Crippen molar-refractivity contribution in [2.45, 2.75) is 6.92 Å². The van der Waals surface area contributed by atoms with Crippen LogP contribution in [0.15, 0.2) is 77.6 Å². The number of carbonyl (C=O) groups excluding carboxylic acids is 1. The number of hydrogen-bond donors (Lipinski definition) is 0. The summed E-state index contributed by atoms with van der Waals surface area (Å²) < 4.78 is 3.13. The highest BCUT2D eigenvalue weighted by atomic mass is 35.5. The summed E-state index contributed by atoms with van der Waals surface area (Å²) in [7, 11) is 3.51. The van der Waals surface area contributed by atoms with E-state index in [2.05, 4.69) is 5.10 Å². The van der Waals surface area contributed by atoms with Crippen LogP contribution in [0.5, 0.6) is 0 Å². The zero-order chi connectivity index (χ0) is 23.3. The average molecular weight is 457 g/mol. The van der Waals surface area contributed by atoms with Crippen LogP contribution in [0.3, 0.4) is 0 Å². The lowest BCUT2D eigenvalue weighted by molar-refractivity contribution is 0.0988. The molecular weight excluding hydrogens is 436 g/mol. The van der Waals surface area contributed by atoms with Crippen molar-refractivity contribution in [1.82, 2.24) is 14.3 Å². The van der Waals surface area contributed by atoms with Gasteiger partial charge in [-0.2, -0.15) is 9.78 Å². The van der Waals surface area contributed by atoms with Crippen LogP contribution < -0.4 is 10.5 Å². The molecule has 164 valence electrons. The van der Waals surface area contributed by atoms with E-state index in [1.807, 2.05) is 67.1 Å². The second-order valence-electron chi connectivity index (χ2n) is 8.04. The fourth-order valence-corrected chi connectivity index (χ4v) is 4.34. The van der Waals surface area contributed by atoms with Crippen LogP contribution in [0.4, 0.5) is 5.69 Å². The Morgan fingerprint density at radius 3 is 2.45 bits per heavy atom. The van der Waals surface area contributed by atoms with Crippen LogP contribution in [0, 0.1) is 6.92 Å². The minimum absolute atomic E-state index is 0.199. The molecule has 3 aromatic carbocycles. The summed E-state index contributed by atoms with van der Waals surface area (Å²) in [6.45, 7) is 1.97. The van der Waals surface area contributed by atoms with Crippen molar-refractivity contribution in [2.24, 2.45) is 7.05 Å². The van der Waals surface area contributed by atoms with Gasteiger partial charge in [0, 0.05) is 41.1 Å². The van der Waals surface area contributed by atoms with Gasteiger partial charge in [0.05, 0.1) is 5.69 Å². The van der Waals surface area contributed by atoms with E-state index in [0.717, 1.165) is 16.5 Å². The number of fused-ring (bicyclic) bond motifs is 3. The Labute approximate surface area is 195 Å². The predicted molar refractivity (Wildman–Crippen MR) is 133 cm³/mol. The third-order valence-electron chi connectivity index (χ3n) is 5.92. The molecule has 0 bridgehead atoms. The number of benzene rings is 3. The van der Waals surface area contributed by atoms with E-state index in [1.165, 1.54) is 9.58 Å². The van der Waals surface area contributed by atoms with Crippen molar-refractivity contribution in [1.29, 1.82) is 0 Å². The number of carbonyl (C=O) groups is 1. The van der Waals surface area contributed by atoms with E-state index in [4.69, 9.17) is 11.6 Å². The van der Waals surface area contributed by atoms with Crippen molar-refractivity contribution >= 4 is 45.0 Å². The highest BCUT2D eigenvalue weighted by Gasteiger charge is 2.26. The second kappa shape index (κ2) is 7.90. The van der Waals surface area contributed by atoms with Gasteiger partial charge in [0.1, 0.15) is 5.52 Å². The molecule has 0 saturated carbocycles. The first-order chi connectivity index (χ1) is 15.9. The molecule has 1 amide bonds. The molecule has 6 nitrogen and oxygen atoms in total. The molecule has 0 saturated heterocycles. The number of amides is 1. The summed E-state index contributed by atoms with van der Waals surface area (Å²) in [6, 6.07) is 22.2. The maximum Gasteiger partial charge on any atom is 0.296 e. The fraction of sp³-hybridized carbons (Fsp3) is 0.115. The topological polar surface area (TPSA) is 60.1 Å². The first-order valence-electron chi connectivity index (χ1n) is 10.5. The standard InChI is InChI=1S/C26H21ClN4O2/c1-16-11-13-18(14-12-16)31-26(33)24-22(20-9-4-5-10-21(20)30(24)3)23(28-31)25(32)29(2)19-8-6-7-17(27)15-19/h4-15H,1-3H3. The summed E-state index contributed by atoms with van der Waals surface area (Å²) in [5.74, 6) is -0.334. The Hall–Kier alpha value is -3.90.